The minimum absolute atomic E-state index is 0.246. The number of piperazine rings is 1. The van der Waals surface area contributed by atoms with E-state index in [0.29, 0.717) is 0 Å². The van der Waals surface area contributed by atoms with Crippen molar-refractivity contribution < 1.29 is 0 Å². The zero-order chi connectivity index (χ0) is 14.7. The number of hydrogen-bond acceptors (Lipinski definition) is 5. The maximum Gasteiger partial charge on any atom is 0.225 e. The van der Waals surface area contributed by atoms with Gasteiger partial charge in [-0.1, -0.05) is 6.92 Å². The van der Waals surface area contributed by atoms with Gasteiger partial charge in [0.15, 0.2) is 0 Å². The normalized spacial score (nSPS) is 31.3. The lowest BCUT2D eigenvalue weighted by Crippen LogP contribution is -2.61. The second kappa shape index (κ2) is 6.28. The van der Waals surface area contributed by atoms with Crippen LogP contribution in [0.15, 0.2) is 18.5 Å². The first-order valence-corrected chi connectivity index (χ1v) is 8.21. The van der Waals surface area contributed by atoms with Gasteiger partial charge in [0.2, 0.25) is 5.95 Å². The predicted molar refractivity (Wildman–Crippen MR) is 85.2 cm³/mol. The maximum absolute atomic E-state index is 6.18. The Labute approximate surface area is 127 Å². The van der Waals surface area contributed by atoms with Crippen molar-refractivity contribution in [3.8, 4) is 0 Å². The van der Waals surface area contributed by atoms with Gasteiger partial charge in [-0.05, 0) is 37.7 Å². The summed E-state index contributed by atoms with van der Waals surface area (Å²) in [5.41, 5.74) is 6.43. The van der Waals surface area contributed by atoms with E-state index < -0.39 is 0 Å². The highest BCUT2D eigenvalue weighted by atomic mass is 15.3. The van der Waals surface area contributed by atoms with Crippen LogP contribution in [-0.2, 0) is 0 Å². The van der Waals surface area contributed by atoms with Crippen molar-refractivity contribution in [1.82, 2.24) is 14.9 Å². The first-order valence-electron chi connectivity index (χ1n) is 8.21. The lowest BCUT2D eigenvalue weighted by Gasteiger charge is -2.50. The lowest BCUT2D eigenvalue weighted by molar-refractivity contribution is 0.0399. The van der Waals surface area contributed by atoms with E-state index >= 15 is 0 Å². The summed E-state index contributed by atoms with van der Waals surface area (Å²) < 4.78 is 0. The van der Waals surface area contributed by atoms with Crippen LogP contribution in [0.1, 0.15) is 32.6 Å². The Kier molecular flexibility index (Phi) is 4.40. The Bertz CT molecular complexity index is 433. The molecule has 1 saturated heterocycles. The molecule has 2 heterocycles. The molecule has 0 amide bonds. The van der Waals surface area contributed by atoms with Crippen molar-refractivity contribution in [2.75, 3.05) is 37.6 Å². The fourth-order valence-corrected chi connectivity index (χ4v) is 3.78. The van der Waals surface area contributed by atoms with Crippen molar-refractivity contribution >= 4 is 5.95 Å². The van der Waals surface area contributed by atoms with Gasteiger partial charge in [0.1, 0.15) is 0 Å². The van der Waals surface area contributed by atoms with Crippen molar-refractivity contribution in [1.29, 1.82) is 0 Å². The molecule has 0 aromatic carbocycles. The third kappa shape index (κ3) is 3.04. The van der Waals surface area contributed by atoms with Crippen LogP contribution in [0.3, 0.4) is 0 Å². The smallest absolute Gasteiger partial charge is 0.225 e. The average Bonchev–Trinajstić information content (AvgIpc) is 2.57. The lowest BCUT2D eigenvalue weighted by atomic mass is 9.75. The molecule has 116 valence electrons. The molecule has 21 heavy (non-hydrogen) atoms. The minimum atomic E-state index is 0.246. The van der Waals surface area contributed by atoms with Gasteiger partial charge in [-0.15, -0.1) is 0 Å². The monoisotopic (exact) mass is 289 g/mol. The highest BCUT2D eigenvalue weighted by molar-refractivity contribution is 5.29. The second-order valence-corrected chi connectivity index (χ2v) is 6.63. The molecule has 2 N–H and O–H groups in total. The van der Waals surface area contributed by atoms with Gasteiger partial charge in [-0.3, -0.25) is 4.90 Å². The van der Waals surface area contributed by atoms with Crippen molar-refractivity contribution in [3.05, 3.63) is 18.5 Å². The van der Waals surface area contributed by atoms with Crippen LogP contribution in [0.4, 0.5) is 5.95 Å². The van der Waals surface area contributed by atoms with E-state index in [0.717, 1.165) is 44.6 Å². The third-order valence-electron chi connectivity index (χ3n) is 5.37. The fourth-order valence-electron chi connectivity index (χ4n) is 3.78. The molecule has 5 nitrogen and oxygen atoms in total. The van der Waals surface area contributed by atoms with Crippen LogP contribution >= 0.6 is 0 Å². The van der Waals surface area contributed by atoms with E-state index in [4.69, 9.17) is 5.73 Å². The van der Waals surface area contributed by atoms with Crippen LogP contribution in [0.5, 0.6) is 0 Å². The van der Waals surface area contributed by atoms with Gasteiger partial charge in [-0.25, -0.2) is 9.97 Å². The molecule has 3 rings (SSSR count). The van der Waals surface area contributed by atoms with Gasteiger partial charge < -0.3 is 10.6 Å². The summed E-state index contributed by atoms with van der Waals surface area (Å²) in [5, 5.41) is 0. The molecule has 0 spiro atoms. The van der Waals surface area contributed by atoms with E-state index in [1.807, 2.05) is 18.5 Å². The summed E-state index contributed by atoms with van der Waals surface area (Å²) in [6.07, 6.45) is 8.79. The Morgan fingerprint density at radius 3 is 2.33 bits per heavy atom. The van der Waals surface area contributed by atoms with Gasteiger partial charge in [-0.2, -0.15) is 0 Å². The summed E-state index contributed by atoms with van der Waals surface area (Å²) in [6, 6.07) is 1.87. The summed E-state index contributed by atoms with van der Waals surface area (Å²) in [6.45, 7) is 7.31. The predicted octanol–water partition coefficient (Wildman–Crippen LogP) is 1.51. The molecule has 1 aliphatic carbocycles. The van der Waals surface area contributed by atoms with Gasteiger partial charge in [0.25, 0.3) is 0 Å². The zero-order valence-corrected chi connectivity index (χ0v) is 13.0. The molecule has 1 aromatic rings. The van der Waals surface area contributed by atoms with E-state index in [1.165, 1.54) is 25.7 Å². The summed E-state index contributed by atoms with van der Waals surface area (Å²) in [7, 11) is 0. The Morgan fingerprint density at radius 2 is 1.76 bits per heavy atom. The van der Waals surface area contributed by atoms with Gasteiger partial charge in [0.05, 0.1) is 0 Å². The standard InChI is InChI=1S/C16H27N5/c1-14-3-5-16(13-17,6-4-14)21-11-9-20(10-12-21)15-18-7-2-8-19-15/h2,7-8,14H,3-6,9-13,17H2,1H3. The number of nitrogens with zero attached hydrogens (tertiary/aromatic N) is 4. The van der Waals surface area contributed by atoms with Gasteiger partial charge >= 0.3 is 0 Å². The zero-order valence-electron chi connectivity index (χ0n) is 13.0. The Balaban J connectivity index is 1.62. The van der Waals surface area contributed by atoms with Crippen LogP contribution < -0.4 is 10.6 Å². The molecule has 1 aromatic heterocycles. The molecule has 0 radical (unpaired) electrons. The largest absolute Gasteiger partial charge is 0.338 e. The summed E-state index contributed by atoms with van der Waals surface area (Å²) >= 11 is 0. The van der Waals surface area contributed by atoms with E-state index in [-0.39, 0.29) is 5.54 Å². The third-order valence-corrected chi connectivity index (χ3v) is 5.37. The molecular weight excluding hydrogens is 262 g/mol. The SMILES string of the molecule is CC1CCC(CN)(N2CCN(c3ncccn3)CC2)CC1. The number of hydrogen-bond donors (Lipinski definition) is 1. The fraction of sp³-hybridized carbons (Fsp3) is 0.750. The van der Waals surface area contributed by atoms with E-state index in [1.54, 1.807) is 0 Å². The molecular formula is C16H27N5. The second-order valence-electron chi connectivity index (χ2n) is 6.63. The number of rotatable bonds is 3. The molecule has 0 bridgehead atoms. The molecule has 2 fully saturated rings. The minimum Gasteiger partial charge on any atom is -0.338 e. The van der Waals surface area contributed by atoms with E-state index in [2.05, 4.69) is 26.7 Å². The van der Waals surface area contributed by atoms with Crippen molar-refractivity contribution in [2.24, 2.45) is 11.7 Å². The quantitative estimate of drug-likeness (QED) is 0.914. The first kappa shape index (κ1) is 14.7. The molecule has 1 aliphatic heterocycles. The average molecular weight is 289 g/mol. The maximum atomic E-state index is 6.18. The van der Waals surface area contributed by atoms with Crippen LogP contribution in [0.2, 0.25) is 0 Å². The Hall–Kier alpha value is -1.20. The topological polar surface area (TPSA) is 58.3 Å². The molecule has 2 aliphatic rings. The van der Waals surface area contributed by atoms with Crippen LogP contribution in [0, 0.1) is 5.92 Å². The number of nitrogens with two attached hydrogens (primary N) is 1. The van der Waals surface area contributed by atoms with Crippen molar-refractivity contribution in [2.45, 2.75) is 38.1 Å². The van der Waals surface area contributed by atoms with Crippen molar-refractivity contribution in [3.63, 3.8) is 0 Å². The van der Waals surface area contributed by atoms with Crippen LogP contribution in [0.25, 0.3) is 0 Å². The highest BCUT2D eigenvalue weighted by Crippen LogP contribution is 2.36. The highest BCUT2D eigenvalue weighted by Gasteiger charge is 2.39. The molecule has 0 atom stereocenters. The van der Waals surface area contributed by atoms with Crippen LogP contribution in [-0.4, -0.2) is 53.1 Å². The first-order chi connectivity index (χ1) is 10.2. The summed E-state index contributed by atoms with van der Waals surface area (Å²) in [5.74, 6) is 1.72. The van der Waals surface area contributed by atoms with Gasteiger partial charge in [0, 0.05) is 50.7 Å². The summed E-state index contributed by atoms with van der Waals surface area (Å²) in [4.78, 5) is 13.6. The number of aromatic nitrogens is 2. The number of anilines is 1. The molecule has 1 saturated carbocycles. The molecule has 5 heteroatoms. The molecule has 0 unspecified atom stereocenters. The van der Waals surface area contributed by atoms with E-state index in [9.17, 15) is 0 Å². The Morgan fingerprint density at radius 1 is 1.14 bits per heavy atom.